The lowest BCUT2D eigenvalue weighted by Crippen LogP contribution is -2.18. The van der Waals surface area contributed by atoms with Crippen LogP contribution in [0.4, 0.5) is 0 Å². The number of hydrogen-bond acceptors (Lipinski definition) is 1. The van der Waals surface area contributed by atoms with Gasteiger partial charge in [0.15, 0.2) is 0 Å². The van der Waals surface area contributed by atoms with E-state index < -0.39 is 0 Å². The first-order valence-electron chi connectivity index (χ1n) is 4.11. The van der Waals surface area contributed by atoms with Crippen molar-refractivity contribution in [3.05, 3.63) is 35.9 Å². The molecule has 0 aliphatic heterocycles. The largest absolute Gasteiger partial charge is 0.330 e. The molecule has 12 heavy (non-hydrogen) atoms. The Morgan fingerprint density at radius 1 is 1.33 bits per heavy atom. The summed E-state index contributed by atoms with van der Waals surface area (Å²) in [5.74, 6) is 0. The van der Waals surface area contributed by atoms with Crippen LogP contribution in [0.25, 0.3) is 0 Å². The lowest BCUT2D eigenvalue weighted by molar-refractivity contribution is 0.618. The molecule has 0 aromatic heterocycles. The van der Waals surface area contributed by atoms with Crippen LogP contribution in [0.2, 0.25) is 0 Å². The third-order valence-corrected chi connectivity index (χ3v) is 2.40. The minimum absolute atomic E-state index is 0.310. The molecule has 0 amide bonds. The Kier molecular flexibility index (Phi) is 3.12. The zero-order chi connectivity index (χ0) is 9.03. The molecule has 1 aromatic rings. The van der Waals surface area contributed by atoms with E-state index in [0.29, 0.717) is 6.54 Å². The summed E-state index contributed by atoms with van der Waals surface area (Å²) in [5, 5.41) is 0. The standard InChI is InChI=1S/C10H14ClN/c1-10(11,7-8-12)9-5-3-2-4-6-9/h2-6H,7-8,12H2,1H3. The second-order valence-corrected chi connectivity index (χ2v) is 3.94. The fourth-order valence-corrected chi connectivity index (χ4v) is 1.44. The van der Waals surface area contributed by atoms with E-state index in [1.807, 2.05) is 37.3 Å². The van der Waals surface area contributed by atoms with Crippen molar-refractivity contribution < 1.29 is 0 Å². The zero-order valence-corrected chi connectivity index (χ0v) is 8.01. The number of rotatable bonds is 3. The molecule has 0 heterocycles. The van der Waals surface area contributed by atoms with Gasteiger partial charge in [-0.05, 0) is 25.5 Å². The highest BCUT2D eigenvalue weighted by Crippen LogP contribution is 2.31. The smallest absolute Gasteiger partial charge is 0.0678 e. The van der Waals surface area contributed by atoms with Crippen molar-refractivity contribution in [2.75, 3.05) is 6.54 Å². The van der Waals surface area contributed by atoms with E-state index in [-0.39, 0.29) is 4.87 Å². The van der Waals surface area contributed by atoms with Crippen LogP contribution in [0, 0.1) is 0 Å². The molecule has 2 heteroatoms. The van der Waals surface area contributed by atoms with Crippen molar-refractivity contribution in [2.24, 2.45) is 5.73 Å². The van der Waals surface area contributed by atoms with Crippen LogP contribution in [0.1, 0.15) is 18.9 Å². The highest BCUT2D eigenvalue weighted by Gasteiger charge is 2.21. The van der Waals surface area contributed by atoms with Gasteiger partial charge in [-0.2, -0.15) is 0 Å². The van der Waals surface area contributed by atoms with Crippen molar-refractivity contribution >= 4 is 11.6 Å². The average Bonchev–Trinajstić information content (AvgIpc) is 2.06. The summed E-state index contributed by atoms with van der Waals surface area (Å²) in [6.45, 7) is 2.62. The highest BCUT2D eigenvalue weighted by molar-refractivity contribution is 6.23. The van der Waals surface area contributed by atoms with Crippen LogP contribution >= 0.6 is 11.6 Å². The maximum Gasteiger partial charge on any atom is 0.0678 e. The van der Waals surface area contributed by atoms with Gasteiger partial charge in [-0.1, -0.05) is 30.3 Å². The topological polar surface area (TPSA) is 26.0 Å². The average molecular weight is 184 g/mol. The first kappa shape index (κ1) is 9.56. The third kappa shape index (κ3) is 2.23. The summed E-state index contributed by atoms with van der Waals surface area (Å²) in [6, 6.07) is 10.0. The Labute approximate surface area is 78.5 Å². The minimum Gasteiger partial charge on any atom is -0.330 e. The van der Waals surface area contributed by atoms with Gasteiger partial charge in [0.25, 0.3) is 0 Å². The molecule has 1 aromatic carbocycles. The van der Waals surface area contributed by atoms with Gasteiger partial charge in [-0.25, -0.2) is 0 Å². The lowest BCUT2D eigenvalue weighted by atomic mass is 9.97. The molecular formula is C10H14ClN. The van der Waals surface area contributed by atoms with Crippen LogP contribution in [0.5, 0.6) is 0 Å². The first-order chi connectivity index (χ1) is 5.67. The van der Waals surface area contributed by atoms with E-state index in [1.54, 1.807) is 0 Å². The fraction of sp³-hybridized carbons (Fsp3) is 0.400. The third-order valence-electron chi connectivity index (χ3n) is 1.99. The van der Waals surface area contributed by atoms with Crippen molar-refractivity contribution in [1.82, 2.24) is 0 Å². The quantitative estimate of drug-likeness (QED) is 0.716. The Morgan fingerprint density at radius 2 is 1.92 bits per heavy atom. The molecule has 1 rings (SSSR count). The van der Waals surface area contributed by atoms with E-state index in [1.165, 1.54) is 0 Å². The van der Waals surface area contributed by atoms with Gasteiger partial charge in [0.05, 0.1) is 4.87 Å². The van der Waals surface area contributed by atoms with Gasteiger partial charge in [-0.3, -0.25) is 0 Å². The molecule has 0 spiro atoms. The van der Waals surface area contributed by atoms with E-state index in [2.05, 4.69) is 0 Å². The van der Waals surface area contributed by atoms with Crippen molar-refractivity contribution in [3.8, 4) is 0 Å². The van der Waals surface area contributed by atoms with Gasteiger partial charge in [0, 0.05) is 0 Å². The molecule has 0 fully saturated rings. The molecule has 1 unspecified atom stereocenters. The monoisotopic (exact) mass is 183 g/mol. The fourth-order valence-electron chi connectivity index (χ4n) is 1.20. The normalized spacial score (nSPS) is 15.6. The predicted octanol–water partition coefficient (Wildman–Crippen LogP) is 2.49. The molecular weight excluding hydrogens is 170 g/mol. The van der Waals surface area contributed by atoms with Gasteiger partial charge in [0.2, 0.25) is 0 Å². The molecule has 0 saturated heterocycles. The summed E-state index contributed by atoms with van der Waals surface area (Å²) >= 11 is 6.28. The molecule has 1 nitrogen and oxygen atoms in total. The Bertz CT molecular complexity index is 231. The second-order valence-electron chi connectivity index (χ2n) is 3.10. The number of nitrogens with two attached hydrogens (primary N) is 1. The maximum absolute atomic E-state index is 6.28. The minimum atomic E-state index is -0.310. The van der Waals surface area contributed by atoms with Crippen LogP contribution in [-0.2, 0) is 4.87 Å². The van der Waals surface area contributed by atoms with Gasteiger partial charge >= 0.3 is 0 Å². The zero-order valence-electron chi connectivity index (χ0n) is 7.26. The molecule has 0 radical (unpaired) electrons. The Hall–Kier alpha value is -0.530. The van der Waals surface area contributed by atoms with E-state index in [0.717, 1.165) is 12.0 Å². The summed E-state index contributed by atoms with van der Waals surface area (Å²) in [5.41, 5.74) is 6.60. The second kappa shape index (κ2) is 3.92. The SMILES string of the molecule is CC(Cl)(CCN)c1ccccc1. The van der Waals surface area contributed by atoms with Crippen LogP contribution in [0.15, 0.2) is 30.3 Å². The van der Waals surface area contributed by atoms with Crippen molar-refractivity contribution in [1.29, 1.82) is 0 Å². The van der Waals surface area contributed by atoms with Gasteiger partial charge in [-0.15, -0.1) is 11.6 Å². The van der Waals surface area contributed by atoms with Crippen LogP contribution < -0.4 is 5.73 Å². The molecule has 2 N–H and O–H groups in total. The van der Waals surface area contributed by atoms with E-state index in [4.69, 9.17) is 17.3 Å². The number of benzene rings is 1. The molecule has 1 atom stereocenters. The van der Waals surface area contributed by atoms with Gasteiger partial charge in [0.1, 0.15) is 0 Å². The predicted molar refractivity (Wildman–Crippen MR) is 53.3 cm³/mol. The molecule has 66 valence electrons. The molecule has 0 aliphatic rings. The van der Waals surface area contributed by atoms with Gasteiger partial charge < -0.3 is 5.73 Å². The first-order valence-corrected chi connectivity index (χ1v) is 4.49. The van der Waals surface area contributed by atoms with Crippen molar-refractivity contribution in [3.63, 3.8) is 0 Å². The number of hydrogen-bond donors (Lipinski definition) is 1. The highest BCUT2D eigenvalue weighted by atomic mass is 35.5. The molecule has 0 aliphatic carbocycles. The summed E-state index contributed by atoms with van der Waals surface area (Å²) in [6.07, 6.45) is 0.804. The summed E-state index contributed by atoms with van der Waals surface area (Å²) < 4.78 is 0. The summed E-state index contributed by atoms with van der Waals surface area (Å²) in [7, 11) is 0. The van der Waals surface area contributed by atoms with E-state index >= 15 is 0 Å². The Morgan fingerprint density at radius 3 is 2.42 bits per heavy atom. The van der Waals surface area contributed by atoms with Crippen LogP contribution in [0.3, 0.4) is 0 Å². The molecule has 0 saturated carbocycles. The van der Waals surface area contributed by atoms with E-state index in [9.17, 15) is 0 Å². The van der Waals surface area contributed by atoms with Crippen LogP contribution in [-0.4, -0.2) is 6.54 Å². The summed E-state index contributed by atoms with van der Waals surface area (Å²) in [4.78, 5) is -0.310. The number of halogens is 1. The lowest BCUT2D eigenvalue weighted by Gasteiger charge is -2.21. The molecule has 0 bridgehead atoms. The number of alkyl halides is 1. The Balaban J connectivity index is 2.82. The maximum atomic E-state index is 6.28. The van der Waals surface area contributed by atoms with Crippen molar-refractivity contribution in [2.45, 2.75) is 18.2 Å².